The van der Waals surface area contributed by atoms with Crippen molar-refractivity contribution in [3.63, 3.8) is 0 Å². The van der Waals surface area contributed by atoms with Gasteiger partial charge < -0.3 is 25.4 Å². The molecule has 1 aliphatic carbocycles. The zero-order chi connectivity index (χ0) is 27.3. The minimum absolute atomic E-state index is 0.0856. The van der Waals surface area contributed by atoms with Crippen molar-refractivity contribution in [2.75, 3.05) is 13.2 Å². The number of aliphatic hydroxyl groups excluding tert-OH is 1. The van der Waals surface area contributed by atoms with Crippen LogP contribution in [0.3, 0.4) is 0 Å². The lowest BCUT2D eigenvalue weighted by atomic mass is 9.94. The molecule has 1 aliphatic rings. The second-order valence-electron chi connectivity index (χ2n) is 11.0. The van der Waals surface area contributed by atoms with Gasteiger partial charge in [0.05, 0.1) is 6.61 Å². The van der Waals surface area contributed by atoms with Crippen LogP contribution in [-0.2, 0) is 14.3 Å². The highest BCUT2D eigenvalue weighted by Crippen LogP contribution is 2.25. The largest absolute Gasteiger partial charge is 0.444 e. The standard InChI is InChI=1S/C29H47N3O5/c1-5-6-7-8-15-20-32(27(35)24(21-33)31-28(36)37-29(2,3)4)25(22-16-11-9-12-17-22)26(34)30-23-18-13-10-14-19-23/h9,11-12,16-17,23-25,33H,5-8,10,13-15,18-21H2,1-4H3,(H,30,34)(H,31,36). The number of rotatable bonds is 13. The predicted octanol–water partition coefficient (Wildman–Crippen LogP) is 4.86. The highest BCUT2D eigenvalue weighted by molar-refractivity contribution is 5.92. The first-order chi connectivity index (χ1) is 17.7. The van der Waals surface area contributed by atoms with Crippen molar-refractivity contribution in [1.29, 1.82) is 0 Å². The number of unbranched alkanes of at least 4 members (excludes halogenated alkanes) is 4. The van der Waals surface area contributed by atoms with E-state index in [2.05, 4.69) is 17.6 Å². The zero-order valence-corrected chi connectivity index (χ0v) is 23.1. The van der Waals surface area contributed by atoms with Crippen LogP contribution in [0, 0.1) is 0 Å². The summed E-state index contributed by atoms with van der Waals surface area (Å²) in [7, 11) is 0. The first kappa shape index (κ1) is 30.6. The molecule has 0 bridgehead atoms. The number of hydrogen-bond acceptors (Lipinski definition) is 5. The van der Waals surface area contributed by atoms with Crippen molar-refractivity contribution in [2.24, 2.45) is 0 Å². The van der Waals surface area contributed by atoms with Crippen LogP contribution in [0.2, 0.25) is 0 Å². The van der Waals surface area contributed by atoms with Gasteiger partial charge >= 0.3 is 6.09 Å². The first-order valence-electron chi connectivity index (χ1n) is 13.9. The Balaban J connectivity index is 2.33. The highest BCUT2D eigenvalue weighted by atomic mass is 16.6. The highest BCUT2D eigenvalue weighted by Gasteiger charge is 2.36. The Morgan fingerprint density at radius 1 is 1.03 bits per heavy atom. The molecule has 8 nitrogen and oxygen atoms in total. The summed E-state index contributed by atoms with van der Waals surface area (Å²) < 4.78 is 5.31. The van der Waals surface area contributed by atoms with Crippen molar-refractivity contribution in [3.8, 4) is 0 Å². The summed E-state index contributed by atoms with van der Waals surface area (Å²) in [6.45, 7) is 7.07. The van der Waals surface area contributed by atoms with Crippen molar-refractivity contribution in [1.82, 2.24) is 15.5 Å². The van der Waals surface area contributed by atoms with Crippen LogP contribution >= 0.6 is 0 Å². The molecular formula is C29H47N3O5. The maximum Gasteiger partial charge on any atom is 0.408 e. The number of ether oxygens (including phenoxy) is 1. The van der Waals surface area contributed by atoms with E-state index in [0.717, 1.165) is 57.8 Å². The molecule has 0 spiro atoms. The van der Waals surface area contributed by atoms with Crippen LogP contribution in [0.5, 0.6) is 0 Å². The van der Waals surface area contributed by atoms with E-state index in [1.54, 1.807) is 20.8 Å². The molecule has 2 rings (SSSR count). The number of benzene rings is 1. The van der Waals surface area contributed by atoms with Gasteiger partial charge in [0.15, 0.2) is 0 Å². The Hall–Kier alpha value is -2.61. The molecule has 1 saturated carbocycles. The number of carbonyl (C=O) groups excluding carboxylic acids is 3. The van der Waals surface area contributed by atoms with E-state index in [0.29, 0.717) is 12.1 Å². The monoisotopic (exact) mass is 517 g/mol. The Labute approximate surface area is 222 Å². The summed E-state index contributed by atoms with van der Waals surface area (Å²) in [4.78, 5) is 41.5. The summed E-state index contributed by atoms with van der Waals surface area (Å²) >= 11 is 0. The number of nitrogens with zero attached hydrogens (tertiary/aromatic N) is 1. The molecule has 1 aromatic rings. The van der Waals surface area contributed by atoms with Gasteiger partial charge in [0, 0.05) is 12.6 Å². The molecular weight excluding hydrogens is 470 g/mol. The molecule has 0 radical (unpaired) electrons. The molecule has 37 heavy (non-hydrogen) atoms. The number of nitrogens with one attached hydrogen (secondary N) is 2. The van der Waals surface area contributed by atoms with Crippen LogP contribution in [-0.4, -0.2) is 58.8 Å². The third kappa shape index (κ3) is 10.7. The summed E-state index contributed by atoms with van der Waals surface area (Å²) in [5, 5.41) is 15.8. The molecule has 0 aromatic heterocycles. The van der Waals surface area contributed by atoms with Gasteiger partial charge in [0.1, 0.15) is 17.7 Å². The minimum atomic E-state index is -1.22. The molecule has 1 aromatic carbocycles. The minimum Gasteiger partial charge on any atom is -0.444 e. The lowest BCUT2D eigenvalue weighted by molar-refractivity contribution is -0.143. The van der Waals surface area contributed by atoms with Gasteiger partial charge in [-0.1, -0.05) is 82.2 Å². The molecule has 208 valence electrons. The second kappa shape index (κ2) is 15.6. The molecule has 3 N–H and O–H groups in total. The van der Waals surface area contributed by atoms with Crippen LogP contribution in [0.25, 0.3) is 0 Å². The molecule has 2 unspecified atom stereocenters. The van der Waals surface area contributed by atoms with Crippen LogP contribution in [0.1, 0.15) is 104 Å². The Morgan fingerprint density at radius 2 is 1.68 bits per heavy atom. The Bertz CT molecular complexity index is 834. The van der Waals surface area contributed by atoms with Crippen LogP contribution in [0.15, 0.2) is 30.3 Å². The maximum absolute atomic E-state index is 13.8. The predicted molar refractivity (Wildman–Crippen MR) is 145 cm³/mol. The van der Waals surface area contributed by atoms with Gasteiger partial charge in [-0.3, -0.25) is 9.59 Å². The number of hydrogen-bond donors (Lipinski definition) is 3. The van der Waals surface area contributed by atoms with Crippen LogP contribution in [0.4, 0.5) is 4.79 Å². The van der Waals surface area contributed by atoms with E-state index >= 15 is 0 Å². The lowest BCUT2D eigenvalue weighted by Crippen LogP contribution is -2.55. The van der Waals surface area contributed by atoms with Gasteiger partial charge in [-0.15, -0.1) is 0 Å². The SMILES string of the molecule is CCCCCCCN(C(=O)C(CO)NC(=O)OC(C)(C)C)C(C(=O)NC1CCCCC1)c1ccccc1. The zero-order valence-electron chi connectivity index (χ0n) is 23.1. The summed E-state index contributed by atoms with van der Waals surface area (Å²) in [6.07, 6.45) is 9.29. The number of aliphatic hydroxyl groups is 1. The maximum atomic E-state index is 13.8. The van der Waals surface area contributed by atoms with Gasteiger partial charge in [0.2, 0.25) is 11.8 Å². The number of alkyl carbamates (subject to hydrolysis) is 1. The molecule has 0 saturated heterocycles. The van der Waals surface area contributed by atoms with Crippen molar-refractivity contribution >= 4 is 17.9 Å². The molecule has 2 atom stereocenters. The topological polar surface area (TPSA) is 108 Å². The van der Waals surface area contributed by atoms with Crippen molar-refractivity contribution in [2.45, 2.75) is 116 Å². The fraction of sp³-hybridized carbons (Fsp3) is 0.690. The van der Waals surface area contributed by atoms with Gasteiger partial charge in [-0.05, 0) is 45.6 Å². The smallest absolute Gasteiger partial charge is 0.408 e. The summed E-state index contributed by atoms with van der Waals surface area (Å²) in [5.74, 6) is -0.731. The average molecular weight is 518 g/mol. The van der Waals surface area contributed by atoms with E-state index in [1.807, 2.05) is 30.3 Å². The molecule has 8 heteroatoms. The Morgan fingerprint density at radius 3 is 2.27 bits per heavy atom. The third-order valence-electron chi connectivity index (χ3n) is 6.58. The van der Waals surface area contributed by atoms with Gasteiger partial charge in [-0.25, -0.2) is 4.79 Å². The average Bonchev–Trinajstić information content (AvgIpc) is 2.86. The molecule has 1 fully saturated rings. The summed E-state index contributed by atoms with van der Waals surface area (Å²) in [5.41, 5.74) is -0.0508. The fourth-order valence-electron chi connectivity index (χ4n) is 4.72. The van der Waals surface area contributed by atoms with Crippen molar-refractivity contribution in [3.05, 3.63) is 35.9 Å². The number of carbonyl (C=O) groups is 3. The van der Waals surface area contributed by atoms with Crippen molar-refractivity contribution < 1.29 is 24.2 Å². The van der Waals surface area contributed by atoms with Gasteiger partial charge in [-0.2, -0.15) is 0 Å². The van der Waals surface area contributed by atoms with E-state index < -0.39 is 36.3 Å². The molecule has 0 aliphatic heterocycles. The van der Waals surface area contributed by atoms with Crippen LogP contribution < -0.4 is 10.6 Å². The first-order valence-corrected chi connectivity index (χ1v) is 13.9. The van der Waals surface area contributed by atoms with E-state index in [-0.39, 0.29) is 11.9 Å². The molecule has 3 amide bonds. The van der Waals surface area contributed by atoms with E-state index in [1.165, 1.54) is 11.3 Å². The third-order valence-corrected chi connectivity index (χ3v) is 6.58. The van der Waals surface area contributed by atoms with E-state index in [4.69, 9.17) is 4.74 Å². The van der Waals surface area contributed by atoms with E-state index in [9.17, 15) is 19.5 Å². The summed E-state index contributed by atoms with van der Waals surface area (Å²) in [6, 6.07) is 7.26. The second-order valence-corrected chi connectivity index (χ2v) is 11.0. The normalized spacial score (nSPS) is 15.9. The molecule has 0 heterocycles. The number of amides is 3. The fourth-order valence-corrected chi connectivity index (χ4v) is 4.72. The van der Waals surface area contributed by atoms with Gasteiger partial charge in [0.25, 0.3) is 0 Å². The quantitative estimate of drug-likeness (QED) is 0.324. The lowest BCUT2D eigenvalue weighted by Gasteiger charge is -2.35. The Kier molecular flexibility index (Phi) is 12.9.